The number of ether oxygens (including phenoxy) is 2. The van der Waals surface area contributed by atoms with Crippen LogP contribution in [0.3, 0.4) is 0 Å². The number of hydrogen-bond donors (Lipinski definition) is 1. The van der Waals surface area contributed by atoms with E-state index in [1.807, 2.05) is 21.1 Å². The average molecular weight is 1010 g/mol. The molecular weight excluding hydrogens is 894 g/mol. The lowest BCUT2D eigenvalue weighted by Gasteiger charge is -2.24. The van der Waals surface area contributed by atoms with Gasteiger partial charge in [0, 0.05) is 12.8 Å². The maximum absolute atomic E-state index is 12.8. The number of carbonyl (C=O) groups is 2. The summed E-state index contributed by atoms with van der Waals surface area (Å²) < 4.78 is 34.4. The van der Waals surface area contributed by atoms with E-state index in [-0.39, 0.29) is 25.6 Å². The van der Waals surface area contributed by atoms with Crippen LogP contribution in [0.25, 0.3) is 0 Å². The van der Waals surface area contributed by atoms with Gasteiger partial charge in [-0.2, -0.15) is 0 Å². The fourth-order valence-corrected chi connectivity index (χ4v) is 9.56. The van der Waals surface area contributed by atoms with Crippen LogP contribution in [0.1, 0.15) is 296 Å². The second-order valence-corrected chi connectivity index (χ2v) is 23.2. The van der Waals surface area contributed by atoms with Crippen LogP contribution in [-0.4, -0.2) is 74.9 Å². The molecule has 0 amide bonds. The van der Waals surface area contributed by atoms with E-state index >= 15 is 0 Å². The first-order chi connectivity index (χ1) is 34.0. The Balaban J connectivity index is 3.82. The highest BCUT2D eigenvalue weighted by molar-refractivity contribution is 7.47. The molecule has 0 radical (unpaired) electrons. The molecule has 9 nitrogen and oxygen atoms in total. The number of rotatable bonds is 56. The Morgan fingerprint density at radius 3 is 1.13 bits per heavy atom. The number of quaternary nitrogens is 1. The molecule has 0 aliphatic heterocycles. The molecule has 0 rings (SSSR count). The van der Waals surface area contributed by atoms with E-state index in [2.05, 4.69) is 38.2 Å². The zero-order chi connectivity index (χ0) is 51.3. The average Bonchev–Trinajstić information content (AvgIpc) is 3.32. The van der Waals surface area contributed by atoms with Gasteiger partial charge < -0.3 is 18.9 Å². The third-order valence-electron chi connectivity index (χ3n) is 13.5. The van der Waals surface area contributed by atoms with Gasteiger partial charge in [-0.3, -0.25) is 18.6 Å². The van der Waals surface area contributed by atoms with Crippen molar-refractivity contribution in [3.05, 3.63) is 24.3 Å². The van der Waals surface area contributed by atoms with Gasteiger partial charge in [-0.05, 0) is 44.9 Å². The molecular formula is C60H117NO8P+. The second-order valence-electron chi connectivity index (χ2n) is 21.7. The van der Waals surface area contributed by atoms with Crippen molar-refractivity contribution in [1.29, 1.82) is 0 Å². The number of hydrogen-bond acceptors (Lipinski definition) is 7. The summed E-state index contributed by atoms with van der Waals surface area (Å²) in [5.41, 5.74) is 0. The second kappa shape index (κ2) is 52.4. The van der Waals surface area contributed by atoms with Crippen LogP contribution >= 0.6 is 7.82 Å². The van der Waals surface area contributed by atoms with Crippen molar-refractivity contribution in [3.63, 3.8) is 0 Å². The standard InChI is InChI=1S/C60H116NO8P/c1-6-8-10-12-14-16-17-18-19-20-21-22-23-24-25-26-27-28-29-30-31-32-33-34-35-36-37-38-39-40-41-42-43-45-47-49-51-53-60(63)69-58(57-68-70(64,65)67-55-54-61(3,4)5)56-66-59(62)52-50-48-46-44-15-13-11-9-7-2/h17-18,20-21,58H,6-16,19,22-57H2,1-5H3/p+1/b18-17-,21-20-. The Labute approximate surface area is 434 Å². The van der Waals surface area contributed by atoms with Crippen molar-refractivity contribution in [3.8, 4) is 0 Å². The number of carbonyl (C=O) groups excluding carboxylic acids is 2. The minimum absolute atomic E-state index is 0.0355. The highest BCUT2D eigenvalue weighted by Crippen LogP contribution is 2.43. The van der Waals surface area contributed by atoms with Gasteiger partial charge in [0.15, 0.2) is 6.10 Å². The van der Waals surface area contributed by atoms with Gasteiger partial charge >= 0.3 is 19.8 Å². The van der Waals surface area contributed by atoms with Crippen LogP contribution in [0, 0.1) is 0 Å². The van der Waals surface area contributed by atoms with Crippen molar-refractivity contribution < 1.29 is 42.1 Å². The molecule has 0 aromatic rings. The number of esters is 2. The third-order valence-corrected chi connectivity index (χ3v) is 14.5. The topological polar surface area (TPSA) is 108 Å². The Hall–Kier alpha value is -1.51. The summed E-state index contributed by atoms with van der Waals surface area (Å²) in [7, 11) is 1.49. The van der Waals surface area contributed by atoms with Crippen LogP contribution in [-0.2, 0) is 32.7 Å². The number of likely N-dealkylation sites (N-methyl/N-ethyl adjacent to an activating group) is 1. The lowest BCUT2D eigenvalue weighted by atomic mass is 10.0. The monoisotopic (exact) mass is 1010 g/mol. The number of nitrogens with zero attached hydrogens (tertiary/aromatic N) is 1. The number of phosphoric acid groups is 1. The van der Waals surface area contributed by atoms with Gasteiger partial charge in [-0.15, -0.1) is 0 Å². The first-order valence-corrected chi connectivity index (χ1v) is 31.6. The number of unbranched alkanes of at least 4 members (excludes halogenated alkanes) is 38. The van der Waals surface area contributed by atoms with E-state index < -0.39 is 26.5 Å². The van der Waals surface area contributed by atoms with Crippen LogP contribution < -0.4 is 0 Å². The Bertz CT molecular complexity index is 1240. The van der Waals surface area contributed by atoms with Gasteiger partial charge in [0.2, 0.25) is 0 Å². The lowest BCUT2D eigenvalue weighted by molar-refractivity contribution is -0.870. The minimum atomic E-state index is -4.37. The summed E-state index contributed by atoms with van der Waals surface area (Å²) >= 11 is 0. The van der Waals surface area contributed by atoms with E-state index in [4.69, 9.17) is 18.5 Å². The summed E-state index contributed by atoms with van der Waals surface area (Å²) in [6.07, 6.45) is 63.0. The quantitative estimate of drug-likeness (QED) is 0.0211. The fraction of sp³-hybridized carbons (Fsp3) is 0.900. The molecule has 10 heteroatoms. The molecule has 0 heterocycles. The molecule has 2 unspecified atom stereocenters. The van der Waals surface area contributed by atoms with E-state index in [1.54, 1.807) is 0 Å². The first-order valence-electron chi connectivity index (χ1n) is 30.1. The molecule has 0 aliphatic rings. The van der Waals surface area contributed by atoms with E-state index in [9.17, 15) is 19.0 Å². The molecule has 0 bridgehead atoms. The fourth-order valence-electron chi connectivity index (χ4n) is 8.81. The summed E-state index contributed by atoms with van der Waals surface area (Å²) in [4.78, 5) is 35.4. The zero-order valence-electron chi connectivity index (χ0n) is 47.0. The van der Waals surface area contributed by atoms with Crippen molar-refractivity contribution >= 4 is 19.8 Å². The van der Waals surface area contributed by atoms with Crippen molar-refractivity contribution in [1.82, 2.24) is 0 Å². The molecule has 414 valence electrons. The molecule has 0 aliphatic carbocycles. The maximum Gasteiger partial charge on any atom is 0.472 e. The van der Waals surface area contributed by atoms with Gasteiger partial charge in [-0.25, -0.2) is 4.57 Å². The summed E-state index contributed by atoms with van der Waals surface area (Å²) in [5, 5.41) is 0. The van der Waals surface area contributed by atoms with Gasteiger partial charge in [0.1, 0.15) is 19.8 Å². The van der Waals surface area contributed by atoms with Crippen LogP contribution in [0.4, 0.5) is 0 Å². The predicted molar refractivity (Wildman–Crippen MR) is 298 cm³/mol. The highest BCUT2D eigenvalue weighted by Gasteiger charge is 2.27. The van der Waals surface area contributed by atoms with Gasteiger partial charge in [-0.1, -0.05) is 263 Å². The number of phosphoric ester groups is 1. The van der Waals surface area contributed by atoms with Crippen LogP contribution in [0.2, 0.25) is 0 Å². The lowest BCUT2D eigenvalue weighted by Crippen LogP contribution is -2.37. The smallest absolute Gasteiger partial charge is 0.462 e. The van der Waals surface area contributed by atoms with Gasteiger partial charge in [0.05, 0.1) is 27.7 Å². The number of allylic oxidation sites excluding steroid dienone is 4. The van der Waals surface area contributed by atoms with Crippen LogP contribution in [0.15, 0.2) is 24.3 Å². The SMILES string of the molecule is CCCCCCC/C=C\C/C=C\CCCCCCCCCCCCCCCCCCCCCCCCCCCC(=O)OC(COC(=O)CCCCCCCCCCC)COP(=O)(O)OCC[N+](C)(C)C. The summed E-state index contributed by atoms with van der Waals surface area (Å²) in [6, 6.07) is 0. The normalized spacial score (nSPS) is 13.4. The first kappa shape index (κ1) is 68.5. The highest BCUT2D eigenvalue weighted by atomic mass is 31.2. The molecule has 0 aromatic carbocycles. The third kappa shape index (κ3) is 55.8. The van der Waals surface area contributed by atoms with Gasteiger partial charge in [0.25, 0.3) is 0 Å². The molecule has 70 heavy (non-hydrogen) atoms. The predicted octanol–water partition coefficient (Wildman–Crippen LogP) is 18.6. The zero-order valence-corrected chi connectivity index (χ0v) is 47.9. The molecule has 0 aromatic heterocycles. The molecule has 0 saturated carbocycles. The van der Waals surface area contributed by atoms with Crippen molar-refractivity contribution in [2.75, 3.05) is 47.5 Å². The maximum atomic E-state index is 12.8. The Kier molecular flexibility index (Phi) is 51.2. The molecule has 0 saturated heterocycles. The molecule has 0 fully saturated rings. The largest absolute Gasteiger partial charge is 0.472 e. The van der Waals surface area contributed by atoms with Crippen molar-refractivity contribution in [2.24, 2.45) is 0 Å². The molecule has 0 spiro atoms. The Morgan fingerprint density at radius 1 is 0.443 bits per heavy atom. The van der Waals surface area contributed by atoms with E-state index in [0.717, 1.165) is 38.5 Å². The molecule has 1 N–H and O–H groups in total. The summed E-state index contributed by atoms with van der Waals surface area (Å²) in [6.45, 7) is 4.43. The van der Waals surface area contributed by atoms with E-state index in [0.29, 0.717) is 23.9 Å². The minimum Gasteiger partial charge on any atom is -0.462 e. The summed E-state index contributed by atoms with van der Waals surface area (Å²) in [5.74, 6) is -0.785. The molecule has 2 atom stereocenters. The Morgan fingerprint density at radius 2 is 0.771 bits per heavy atom. The van der Waals surface area contributed by atoms with E-state index in [1.165, 1.54) is 225 Å². The van der Waals surface area contributed by atoms with Crippen LogP contribution in [0.5, 0.6) is 0 Å². The van der Waals surface area contributed by atoms with Crippen molar-refractivity contribution in [2.45, 2.75) is 302 Å².